The number of carbonyl (C=O) groups excluding carboxylic acids is 1. The minimum Gasteiger partial charge on any atom is -0.355 e. The Balaban J connectivity index is 2.91. The minimum absolute atomic E-state index is 0.227. The lowest BCUT2D eigenvalue weighted by Crippen LogP contribution is -2.34. The summed E-state index contributed by atoms with van der Waals surface area (Å²) in [5, 5.41) is 0.830. The molecule has 1 aromatic carbocycles. The Bertz CT molecular complexity index is 487. The lowest BCUT2D eigenvalue weighted by Gasteiger charge is -2.14. The normalized spacial score (nSPS) is 13.0. The van der Waals surface area contributed by atoms with Gasteiger partial charge in [-0.1, -0.05) is 30.3 Å². The van der Waals surface area contributed by atoms with Gasteiger partial charge in [-0.25, -0.2) is 0 Å². The van der Waals surface area contributed by atoms with Crippen molar-refractivity contribution in [1.29, 1.82) is 0 Å². The summed E-state index contributed by atoms with van der Waals surface area (Å²) in [5.74, 6) is -0.753. The van der Waals surface area contributed by atoms with E-state index in [2.05, 4.69) is 5.32 Å². The van der Waals surface area contributed by atoms with Gasteiger partial charge < -0.3 is 11.1 Å². The summed E-state index contributed by atoms with van der Waals surface area (Å²) >= 11 is 0. The van der Waals surface area contributed by atoms with Crippen molar-refractivity contribution in [2.75, 3.05) is 13.1 Å². The highest BCUT2D eigenvalue weighted by Crippen LogP contribution is 2.21. The van der Waals surface area contributed by atoms with Crippen molar-refractivity contribution >= 4 is 16.0 Å². The molecule has 1 aromatic rings. The lowest BCUT2D eigenvalue weighted by molar-refractivity contribution is -0.120. The number of hydrogen-bond acceptors (Lipinski definition) is 4. The van der Waals surface area contributed by atoms with E-state index in [9.17, 15) is 13.2 Å². The number of hydrogen-bond donors (Lipinski definition) is 3. The van der Waals surface area contributed by atoms with Gasteiger partial charge in [-0.05, 0) is 18.5 Å². The quantitative estimate of drug-likeness (QED) is 0.502. The molecule has 0 saturated carbocycles. The van der Waals surface area contributed by atoms with Crippen LogP contribution < -0.4 is 11.1 Å². The zero-order valence-corrected chi connectivity index (χ0v) is 10.6. The van der Waals surface area contributed by atoms with Gasteiger partial charge in [0.2, 0.25) is 5.91 Å². The van der Waals surface area contributed by atoms with Gasteiger partial charge in [-0.3, -0.25) is 9.35 Å². The van der Waals surface area contributed by atoms with E-state index >= 15 is 0 Å². The maximum absolute atomic E-state index is 11.8. The van der Waals surface area contributed by atoms with E-state index in [0.717, 1.165) is 0 Å². The van der Waals surface area contributed by atoms with Crippen LogP contribution in [0.1, 0.15) is 17.2 Å². The third-order valence-electron chi connectivity index (χ3n) is 2.32. The number of amides is 1. The summed E-state index contributed by atoms with van der Waals surface area (Å²) in [4.78, 5) is 11.8. The highest BCUT2D eigenvalue weighted by molar-refractivity contribution is 7.86. The van der Waals surface area contributed by atoms with Crippen LogP contribution in [-0.4, -0.2) is 32.0 Å². The summed E-state index contributed by atoms with van der Waals surface area (Å²) in [7, 11) is -4.50. The lowest BCUT2D eigenvalue weighted by atomic mass is 10.1. The number of carbonyl (C=O) groups is 1. The first kappa shape index (κ1) is 14.6. The molecule has 0 heterocycles. The molecule has 1 atom stereocenters. The van der Waals surface area contributed by atoms with Gasteiger partial charge in [0.25, 0.3) is 10.1 Å². The Hall–Kier alpha value is -1.44. The molecule has 0 spiro atoms. The fraction of sp³-hybridized carbons (Fsp3) is 0.364. The van der Waals surface area contributed by atoms with Crippen molar-refractivity contribution in [2.45, 2.75) is 11.7 Å². The van der Waals surface area contributed by atoms with Gasteiger partial charge in [-0.15, -0.1) is 0 Å². The largest absolute Gasteiger partial charge is 0.355 e. The molecule has 100 valence electrons. The predicted molar refractivity (Wildman–Crippen MR) is 67.4 cm³/mol. The third kappa shape index (κ3) is 4.10. The Labute approximate surface area is 106 Å². The van der Waals surface area contributed by atoms with Gasteiger partial charge in [0, 0.05) is 6.54 Å². The number of nitrogens with two attached hydrogens (primary N) is 1. The molecule has 18 heavy (non-hydrogen) atoms. The molecule has 0 aliphatic heterocycles. The first-order valence-corrected chi connectivity index (χ1v) is 6.96. The fourth-order valence-electron chi connectivity index (χ4n) is 1.49. The van der Waals surface area contributed by atoms with Crippen molar-refractivity contribution in [3.05, 3.63) is 35.9 Å². The Morgan fingerprint density at radius 1 is 1.33 bits per heavy atom. The maximum Gasteiger partial charge on any atom is 0.281 e. The predicted octanol–water partition coefficient (Wildman–Crippen LogP) is 0.0805. The first-order valence-electron chi connectivity index (χ1n) is 5.46. The van der Waals surface area contributed by atoms with Crippen LogP contribution >= 0.6 is 0 Å². The maximum atomic E-state index is 11.8. The fourth-order valence-corrected chi connectivity index (χ4v) is 2.35. The summed E-state index contributed by atoms with van der Waals surface area (Å²) < 4.78 is 31.7. The summed E-state index contributed by atoms with van der Waals surface area (Å²) in [6.45, 7) is 0.663. The molecule has 0 aromatic heterocycles. The van der Waals surface area contributed by atoms with Gasteiger partial charge in [-0.2, -0.15) is 8.42 Å². The van der Waals surface area contributed by atoms with Crippen LogP contribution in [0.4, 0.5) is 0 Å². The van der Waals surface area contributed by atoms with E-state index in [4.69, 9.17) is 10.3 Å². The third-order valence-corrected chi connectivity index (χ3v) is 3.40. The molecule has 0 fully saturated rings. The van der Waals surface area contributed by atoms with Crippen molar-refractivity contribution < 1.29 is 17.8 Å². The van der Waals surface area contributed by atoms with Crippen LogP contribution in [0.25, 0.3) is 0 Å². The van der Waals surface area contributed by atoms with Crippen LogP contribution in [0.2, 0.25) is 0 Å². The second kappa shape index (κ2) is 6.48. The van der Waals surface area contributed by atoms with Gasteiger partial charge in [0.15, 0.2) is 5.25 Å². The smallest absolute Gasteiger partial charge is 0.281 e. The Morgan fingerprint density at radius 2 is 1.94 bits per heavy atom. The molecule has 0 aliphatic carbocycles. The second-order valence-electron chi connectivity index (χ2n) is 3.74. The Morgan fingerprint density at radius 3 is 2.44 bits per heavy atom. The molecular formula is C11H16N2O4S. The summed E-state index contributed by atoms with van der Waals surface area (Å²) in [5.41, 5.74) is 5.50. The standard InChI is InChI=1S/C11H16N2O4S/c12-7-4-8-13-11(14)10(18(15,16)17)9-5-2-1-3-6-9/h1-3,5-6,10H,4,7-8,12H2,(H,13,14)(H,15,16,17). The average Bonchev–Trinajstić information content (AvgIpc) is 2.29. The molecule has 0 radical (unpaired) electrons. The van der Waals surface area contributed by atoms with E-state index in [1.807, 2.05) is 0 Å². The molecule has 6 nitrogen and oxygen atoms in total. The van der Waals surface area contributed by atoms with Crippen molar-refractivity contribution in [2.24, 2.45) is 5.73 Å². The summed E-state index contributed by atoms with van der Waals surface area (Å²) in [6, 6.07) is 7.83. The monoisotopic (exact) mass is 272 g/mol. The van der Waals surface area contributed by atoms with Crippen LogP contribution in [0, 0.1) is 0 Å². The summed E-state index contributed by atoms with van der Waals surface area (Å²) in [6.07, 6.45) is 0.540. The molecule has 4 N–H and O–H groups in total. The average molecular weight is 272 g/mol. The molecule has 1 amide bonds. The molecule has 1 unspecified atom stereocenters. The van der Waals surface area contributed by atoms with E-state index in [1.165, 1.54) is 12.1 Å². The number of benzene rings is 1. The zero-order valence-electron chi connectivity index (χ0n) is 9.74. The van der Waals surface area contributed by atoms with Gasteiger partial charge in [0.05, 0.1) is 0 Å². The molecule has 0 saturated heterocycles. The van der Waals surface area contributed by atoms with Gasteiger partial charge >= 0.3 is 0 Å². The van der Waals surface area contributed by atoms with Crippen LogP contribution in [0.3, 0.4) is 0 Å². The van der Waals surface area contributed by atoms with Crippen molar-refractivity contribution in [1.82, 2.24) is 5.32 Å². The molecular weight excluding hydrogens is 256 g/mol. The number of rotatable bonds is 6. The van der Waals surface area contributed by atoms with E-state index in [1.54, 1.807) is 18.2 Å². The Kier molecular flexibility index (Phi) is 5.26. The van der Waals surface area contributed by atoms with Crippen LogP contribution in [0.15, 0.2) is 30.3 Å². The van der Waals surface area contributed by atoms with Crippen molar-refractivity contribution in [3.63, 3.8) is 0 Å². The molecule has 0 aliphatic rings. The second-order valence-corrected chi connectivity index (χ2v) is 5.24. The van der Waals surface area contributed by atoms with Crippen LogP contribution in [0.5, 0.6) is 0 Å². The highest BCUT2D eigenvalue weighted by atomic mass is 32.2. The van der Waals surface area contributed by atoms with E-state index < -0.39 is 21.3 Å². The minimum atomic E-state index is -4.50. The molecule has 1 rings (SSSR count). The number of nitrogens with one attached hydrogen (secondary N) is 1. The van der Waals surface area contributed by atoms with Crippen LogP contribution in [-0.2, 0) is 14.9 Å². The topological polar surface area (TPSA) is 109 Å². The van der Waals surface area contributed by atoms with E-state index in [0.29, 0.717) is 13.0 Å². The molecule has 7 heteroatoms. The molecule has 0 bridgehead atoms. The highest BCUT2D eigenvalue weighted by Gasteiger charge is 2.32. The SMILES string of the molecule is NCCCNC(=O)C(c1ccccc1)S(=O)(=O)O. The van der Waals surface area contributed by atoms with Gasteiger partial charge in [0.1, 0.15) is 0 Å². The zero-order chi connectivity index (χ0) is 13.6. The van der Waals surface area contributed by atoms with Crippen molar-refractivity contribution in [3.8, 4) is 0 Å². The first-order chi connectivity index (χ1) is 8.46. The van der Waals surface area contributed by atoms with E-state index in [-0.39, 0.29) is 12.1 Å².